The number of hydrogen-bond donors (Lipinski definition) is 1. The molecule has 0 radical (unpaired) electrons. The molecule has 2 aromatic heterocycles. The van der Waals surface area contributed by atoms with Gasteiger partial charge in [-0.3, -0.25) is 0 Å². The van der Waals surface area contributed by atoms with Gasteiger partial charge in [0.1, 0.15) is 5.76 Å². The lowest BCUT2D eigenvalue weighted by Gasteiger charge is -2.01. The first-order valence-corrected chi connectivity index (χ1v) is 5.99. The summed E-state index contributed by atoms with van der Waals surface area (Å²) in [7, 11) is 0. The molecule has 0 unspecified atom stereocenters. The van der Waals surface area contributed by atoms with Gasteiger partial charge in [-0.15, -0.1) is 11.3 Å². The molecule has 0 amide bonds. The Morgan fingerprint density at radius 1 is 1.33 bits per heavy atom. The number of furan rings is 1. The SMILES string of the molecule is Cc1ccsc1CNCc1ccc(Cl)o1. The van der Waals surface area contributed by atoms with Gasteiger partial charge in [-0.1, -0.05) is 0 Å². The highest BCUT2D eigenvalue weighted by molar-refractivity contribution is 7.10. The van der Waals surface area contributed by atoms with E-state index in [0.29, 0.717) is 11.8 Å². The molecule has 0 spiro atoms. The molecule has 0 aromatic carbocycles. The van der Waals surface area contributed by atoms with E-state index in [4.69, 9.17) is 16.0 Å². The van der Waals surface area contributed by atoms with Gasteiger partial charge in [-0.05, 0) is 47.7 Å². The summed E-state index contributed by atoms with van der Waals surface area (Å²) >= 11 is 7.44. The van der Waals surface area contributed by atoms with Crippen LogP contribution in [0.2, 0.25) is 5.22 Å². The first-order chi connectivity index (χ1) is 7.25. The molecule has 1 N–H and O–H groups in total. The zero-order chi connectivity index (χ0) is 10.7. The van der Waals surface area contributed by atoms with Crippen LogP contribution < -0.4 is 5.32 Å². The van der Waals surface area contributed by atoms with Gasteiger partial charge in [0.15, 0.2) is 5.22 Å². The number of nitrogens with one attached hydrogen (secondary N) is 1. The molecular weight excluding hydrogens is 230 g/mol. The third-order valence-electron chi connectivity index (χ3n) is 2.18. The molecule has 0 saturated heterocycles. The minimum absolute atomic E-state index is 0.444. The molecule has 80 valence electrons. The Kier molecular flexibility index (Phi) is 3.46. The van der Waals surface area contributed by atoms with Crippen LogP contribution in [0.25, 0.3) is 0 Å². The van der Waals surface area contributed by atoms with E-state index in [1.807, 2.05) is 6.07 Å². The smallest absolute Gasteiger partial charge is 0.193 e. The van der Waals surface area contributed by atoms with E-state index in [-0.39, 0.29) is 0 Å². The third kappa shape index (κ3) is 2.84. The molecule has 4 heteroatoms. The van der Waals surface area contributed by atoms with Gasteiger partial charge in [0.05, 0.1) is 6.54 Å². The van der Waals surface area contributed by atoms with E-state index in [0.717, 1.165) is 12.3 Å². The van der Waals surface area contributed by atoms with Crippen molar-refractivity contribution in [1.29, 1.82) is 0 Å². The minimum Gasteiger partial charge on any atom is -0.448 e. The number of hydrogen-bond acceptors (Lipinski definition) is 3. The van der Waals surface area contributed by atoms with Crippen molar-refractivity contribution in [3.63, 3.8) is 0 Å². The van der Waals surface area contributed by atoms with Gasteiger partial charge < -0.3 is 9.73 Å². The molecular formula is C11H12ClNOS. The molecule has 0 saturated carbocycles. The van der Waals surface area contributed by atoms with Crippen LogP contribution >= 0.6 is 22.9 Å². The highest BCUT2D eigenvalue weighted by atomic mass is 35.5. The highest BCUT2D eigenvalue weighted by Gasteiger charge is 2.01. The minimum atomic E-state index is 0.444. The second-order valence-electron chi connectivity index (χ2n) is 3.34. The van der Waals surface area contributed by atoms with Gasteiger partial charge in [-0.25, -0.2) is 0 Å². The Morgan fingerprint density at radius 2 is 2.20 bits per heavy atom. The van der Waals surface area contributed by atoms with Crippen molar-refractivity contribution in [1.82, 2.24) is 5.32 Å². The van der Waals surface area contributed by atoms with Crippen molar-refractivity contribution in [2.75, 3.05) is 0 Å². The van der Waals surface area contributed by atoms with E-state index in [1.165, 1.54) is 10.4 Å². The Bertz CT molecular complexity index is 435. The van der Waals surface area contributed by atoms with Crippen LogP contribution in [0.5, 0.6) is 0 Å². The Morgan fingerprint density at radius 3 is 2.80 bits per heavy atom. The average Bonchev–Trinajstić information content (AvgIpc) is 2.77. The molecule has 0 bridgehead atoms. The van der Waals surface area contributed by atoms with Crippen LogP contribution in [-0.4, -0.2) is 0 Å². The van der Waals surface area contributed by atoms with Gasteiger partial charge in [0.25, 0.3) is 0 Å². The first kappa shape index (κ1) is 10.7. The van der Waals surface area contributed by atoms with E-state index in [2.05, 4.69) is 23.7 Å². The summed E-state index contributed by atoms with van der Waals surface area (Å²) in [5.74, 6) is 0.870. The molecule has 0 atom stereocenters. The van der Waals surface area contributed by atoms with Gasteiger partial charge in [-0.2, -0.15) is 0 Å². The molecule has 2 heterocycles. The van der Waals surface area contributed by atoms with Crippen molar-refractivity contribution in [2.24, 2.45) is 0 Å². The van der Waals surface area contributed by atoms with Gasteiger partial charge in [0, 0.05) is 11.4 Å². The second kappa shape index (κ2) is 4.84. The number of halogens is 1. The zero-order valence-electron chi connectivity index (χ0n) is 8.42. The lowest BCUT2D eigenvalue weighted by atomic mass is 10.3. The molecule has 0 fully saturated rings. The lowest BCUT2D eigenvalue weighted by Crippen LogP contribution is -2.11. The summed E-state index contributed by atoms with van der Waals surface area (Å²) in [6.45, 7) is 3.71. The van der Waals surface area contributed by atoms with Crippen molar-refractivity contribution in [2.45, 2.75) is 20.0 Å². The highest BCUT2D eigenvalue weighted by Crippen LogP contribution is 2.16. The van der Waals surface area contributed by atoms with Crippen LogP contribution in [0.3, 0.4) is 0 Å². The predicted molar refractivity (Wildman–Crippen MR) is 63.3 cm³/mol. The summed E-state index contributed by atoms with van der Waals surface area (Å²) in [4.78, 5) is 1.37. The Hall–Kier alpha value is -0.770. The number of aryl methyl sites for hydroxylation is 1. The maximum absolute atomic E-state index is 5.67. The standard InChI is InChI=1S/C11H12ClNOS/c1-8-4-5-15-10(8)7-13-6-9-2-3-11(12)14-9/h2-5,13H,6-7H2,1H3. The molecule has 0 aliphatic carbocycles. The average molecular weight is 242 g/mol. The van der Waals surface area contributed by atoms with Crippen LogP contribution in [0, 0.1) is 6.92 Å². The molecule has 0 aliphatic heterocycles. The largest absolute Gasteiger partial charge is 0.448 e. The summed E-state index contributed by atoms with van der Waals surface area (Å²) in [6.07, 6.45) is 0. The predicted octanol–water partition coefficient (Wildman–Crippen LogP) is 3.59. The maximum Gasteiger partial charge on any atom is 0.193 e. The summed E-state index contributed by atoms with van der Waals surface area (Å²) in [5, 5.41) is 5.87. The van der Waals surface area contributed by atoms with Crippen molar-refractivity contribution >= 4 is 22.9 Å². The van der Waals surface area contributed by atoms with Crippen LogP contribution in [0.15, 0.2) is 28.0 Å². The fourth-order valence-corrected chi connectivity index (χ4v) is 2.37. The van der Waals surface area contributed by atoms with E-state index in [9.17, 15) is 0 Å². The second-order valence-corrected chi connectivity index (χ2v) is 4.71. The first-order valence-electron chi connectivity index (χ1n) is 4.73. The number of thiophene rings is 1. The fourth-order valence-electron chi connectivity index (χ4n) is 1.33. The topological polar surface area (TPSA) is 25.2 Å². The monoisotopic (exact) mass is 241 g/mol. The normalized spacial score (nSPS) is 10.8. The van der Waals surface area contributed by atoms with Crippen LogP contribution in [0.4, 0.5) is 0 Å². The fraction of sp³-hybridized carbons (Fsp3) is 0.273. The molecule has 0 aliphatic rings. The van der Waals surface area contributed by atoms with Gasteiger partial charge in [0.2, 0.25) is 0 Å². The van der Waals surface area contributed by atoms with Crippen molar-refractivity contribution < 1.29 is 4.42 Å². The molecule has 2 rings (SSSR count). The van der Waals surface area contributed by atoms with Crippen LogP contribution in [0.1, 0.15) is 16.2 Å². The number of rotatable bonds is 4. The Balaban J connectivity index is 1.83. The summed E-state index contributed by atoms with van der Waals surface area (Å²) in [6, 6.07) is 5.77. The molecule has 2 nitrogen and oxygen atoms in total. The lowest BCUT2D eigenvalue weighted by molar-refractivity contribution is 0.485. The molecule has 2 aromatic rings. The summed E-state index contributed by atoms with van der Waals surface area (Å²) in [5.41, 5.74) is 1.34. The van der Waals surface area contributed by atoms with Crippen molar-refractivity contribution in [3.8, 4) is 0 Å². The quantitative estimate of drug-likeness (QED) is 0.885. The summed E-state index contributed by atoms with van der Waals surface area (Å²) < 4.78 is 5.24. The van der Waals surface area contributed by atoms with E-state index in [1.54, 1.807) is 17.4 Å². The van der Waals surface area contributed by atoms with Crippen LogP contribution in [-0.2, 0) is 13.1 Å². The van der Waals surface area contributed by atoms with Gasteiger partial charge >= 0.3 is 0 Å². The van der Waals surface area contributed by atoms with E-state index < -0.39 is 0 Å². The van der Waals surface area contributed by atoms with Crippen molar-refractivity contribution in [3.05, 3.63) is 45.0 Å². The maximum atomic E-state index is 5.67. The molecule has 15 heavy (non-hydrogen) atoms. The zero-order valence-corrected chi connectivity index (χ0v) is 9.99. The third-order valence-corrected chi connectivity index (χ3v) is 3.41. The van der Waals surface area contributed by atoms with E-state index >= 15 is 0 Å². The Labute approximate surface area is 97.9 Å².